The number of aromatic hydroxyl groups is 1. The summed E-state index contributed by atoms with van der Waals surface area (Å²) < 4.78 is 5.16. The lowest BCUT2D eigenvalue weighted by Crippen LogP contribution is -2.29. The number of hydrogen-bond acceptors (Lipinski definition) is 5. The van der Waals surface area contributed by atoms with Crippen LogP contribution in [0.1, 0.15) is 18.9 Å². The molecule has 146 valence electrons. The standard InChI is InChI=1S/C20H18Cl2N2O3S/c1-3-8-24-19(26)17(10-12-9-13(21)11-16(22)18(12)25)28-20(24)23-14-4-6-15(27-2)7-5-14/h4-7,9-11,25H,3,8H2,1-2H3. The molecule has 1 aliphatic heterocycles. The van der Waals surface area contributed by atoms with Crippen LogP contribution in [0.4, 0.5) is 5.69 Å². The number of rotatable bonds is 5. The second kappa shape index (κ2) is 8.90. The monoisotopic (exact) mass is 436 g/mol. The van der Waals surface area contributed by atoms with Gasteiger partial charge in [-0.15, -0.1) is 0 Å². The number of benzene rings is 2. The molecule has 3 rings (SSSR count). The molecule has 0 unspecified atom stereocenters. The molecule has 0 bridgehead atoms. The fraction of sp³-hybridized carbons (Fsp3) is 0.200. The van der Waals surface area contributed by atoms with Crippen molar-refractivity contribution in [1.82, 2.24) is 4.90 Å². The maximum absolute atomic E-state index is 12.9. The number of hydrogen-bond donors (Lipinski definition) is 1. The molecule has 0 saturated carbocycles. The van der Waals surface area contributed by atoms with Crippen LogP contribution in [0.15, 0.2) is 46.3 Å². The maximum Gasteiger partial charge on any atom is 0.266 e. The summed E-state index contributed by atoms with van der Waals surface area (Å²) in [5.41, 5.74) is 1.10. The molecule has 1 N–H and O–H groups in total. The Morgan fingerprint density at radius 2 is 1.96 bits per heavy atom. The third-order valence-electron chi connectivity index (χ3n) is 3.98. The minimum Gasteiger partial charge on any atom is -0.506 e. The van der Waals surface area contributed by atoms with E-state index in [-0.39, 0.29) is 16.7 Å². The SMILES string of the molecule is CCCN1C(=O)C(=Cc2cc(Cl)cc(Cl)c2O)SC1=Nc1ccc(OC)cc1. The molecular formula is C20H18Cl2N2O3S. The van der Waals surface area contributed by atoms with E-state index < -0.39 is 0 Å². The van der Waals surface area contributed by atoms with Gasteiger partial charge in [-0.25, -0.2) is 4.99 Å². The van der Waals surface area contributed by atoms with E-state index in [0.29, 0.717) is 32.9 Å². The largest absolute Gasteiger partial charge is 0.506 e. The van der Waals surface area contributed by atoms with Crippen molar-refractivity contribution in [3.05, 3.63) is 56.9 Å². The number of aliphatic imine (C=N–C) groups is 1. The maximum atomic E-state index is 12.9. The van der Waals surface area contributed by atoms with Gasteiger partial charge in [0, 0.05) is 17.1 Å². The third-order valence-corrected chi connectivity index (χ3v) is 5.49. The summed E-state index contributed by atoms with van der Waals surface area (Å²) in [6.07, 6.45) is 2.37. The molecule has 5 nitrogen and oxygen atoms in total. The van der Waals surface area contributed by atoms with Gasteiger partial charge in [0.2, 0.25) is 0 Å². The molecule has 1 heterocycles. The van der Waals surface area contributed by atoms with E-state index in [1.54, 1.807) is 24.2 Å². The highest BCUT2D eigenvalue weighted by Gasteiger charge is 2.33. The zero-order chi connectivity index (χ0) is 20.3. The number of amides is 1. The van der Waals surface area contributed by atoms with Crippen molar-refractivity contribution in [2.75, 3.05) is 13.7 Å². The van der Waals surface area contributed by atoms with Crippen LogP contribution in [0.3, 0.4) is 0 Å². The zero-order valence-electron chi connectivity index (χ0n) is 15.3. The second-order valence-electron chi connectivity index (χ2n) is 5.99. The van der Waals surface area contributed by atoms with Crippen molar-refractivity contribution in [2.45, 2.75) is 13.3 Å². The van der Waals surface area contributed by atoms with Gasteiger partial charge in [-0.1, -0.05) is 30.1 Å². The van der Waals surface area contributed by atoms with Gasteiger partial charge < -0.3 is 9.84 Å². The normalized spacial score (nSPS) is 17.0. The highest BCUT2D eigenvalue weighted by Crippen LogP contribution is 2.38. The van der Waals surface area contributed by atoms with E-state index in [2.05, 4.69) is 4.99 Å². The minimum atomic E-state index is -0.172. The molecule has 0 aromatic heterocycles. The second-order valence-corrected chi connectivity index (χ2v) is 7.84. The number of amidine groups is 1. The Morgan fingerprint density at radius 3 is 2.61 bits per heavy atom. The van der Waals surface area contributed by atoms with Gasteiger partial charge in [0.05, 0.1) is 22.7 Å². The summed E-state index contributed by atoms with van der Waals surface area (Å²) in [5, 5.41) is 11.3. The van der Waals surface area contributed by atoms with Crippen LogP contribution in [0, 0.1) is 0 Å². The topological polar surface area (TPSA) is 62.1 Å². The minimum absolute atomic E-state index is 0.116. The Hall–Kier alpha value is -2.15. The summed E-state index contributed by atoms with van der Waals surface area (Å²) >= 11 is 13.2. The molecule has 8 heteroatoms. The van der Waals surface area contributed by atoms with Crippen molar-refractivity contribution in [1.29, 1.82) is 0 Å². The quantitative estimate of drug-likeness (QED) is 0.608. The van der Waals surface area contributed by atoms with Crippen molar-refractivity contribution >= 4 is 57.8 Å². The van der Waals surface area contributed by atoms with E-state index in [1.165, 1.54) is 17.8 Å². The molecule has 28 heavy (non-hydrogen) atoms. The van der Waals surface area contributed by atoms with Gasteiger partial charge >= 0.3 is 0 Å². The van der Waals surface area contributed by atoms with Gasteiger partial charge in [-0.3, -0.25) is 9.69 Å². The first-order valence-corrected chi connectivity index (χ1v) is 10.1. The Bertz CT molecular complexity index is 959. The molecule has 0 aliphatic carbocycles. The van der Waals surface area contributed by atoms with Crippen LogP contribution in [-0.4, -0.2) is 34.7 Å². The number of carbonyl (C=O) groups excluding carboxylic acids is 1. The Labute approximate surface area is 177 Å². The molecule has 2 aromatic rings. The Kier molecular flexibility index (Phi) is 6.54. The van der Waals surface area contributed by atoms with Gasteiger partial charge in [-0.2, -0.15) is 0 Å². The van der Waals surface area contributed by atoms with E-state index in [1.807, 2.05) is 31.2 Å². The molecule has 0 atom stereocenters. The zero-order valence-corrected chi connectivity index (χ0v) is 17.6. The van der Waals surface area contributed by atoms with Crippen LogP contribution < -0.4 is 4.74 Å². The first kappa shape index (κ1) is 20.6. The fourth-order valence-electron chi connectivity index (χ4n) is 2.62. The molecular weight excluding hydrogens is 419 g/mol. The predicted octanol–water partition coefficient (Wildman–Crippen LogP) is 5.72. The van der Waals surface area contributed by atoms with Crippen molar-refractivity contribution in [3.63, 3.8) is 0 Å². The number of ether oxygens (including phenoxy) is 1. The molecule has 1 fully saturated rings. The number of halogens is 2. The number of phenolic OH excluding ortho intramolecular Hbond substituents is 1. The lowest BCUT2D eigenvalue weighted by atomic mass is 10.2. The lowest BCUT2D eigenvalue weighted by Gasteiger charge is -2.14. The summed E-state index contributed by atoms with van der Waals surface area (Å²) in [7, 11) is 1.60. The first-order chi connectivity index (χ1) is 13.4. The van der Waals surface area contributed by atoms with Gasteiger partial charge in [0.25, 0.3) is 5.91 Å². The first-order valence-electron chi connectivity index (χ1n) is 8.55. The molecule has 0 radical (unpaired) electrons. The van der Waals surface area contributed by atoms with Crippen molar-refractivity contribution in [2.24, 2.45) is 4.99 Å². The van der Waals surface area contributed by atoms with Crippen LogP contribution in [0.5, 0.6) is 11.5 Å². The van der Waals surface area contributed by atoms with Crippen molar-refractivity contribution in [3.8, 4) is 11.5 Å². The third kappa shape index (κ3) is 4.46. The summed E-state index contributed by atoms with van der Waals surface area (Å²) in [4.78, 5) is 19.5. The molecule has 1 aliphatic rings. The van der Waals surface area contributed by atoms with Crippen molar-refractivity contribution < 1.29 is 14.6 Å². The summed E-state index contributed by atoms with van der Waals surface area (Å²) in [6.45, 7) is 2.54. The number of nitrogens with zero attached hydrogens (tertiary/aromatic N) is 2. The van der Waals surface area contributed by atoms with E-state index in [4.69, 9.17) is 27.9 Å². The summed E-state index contributed by atoms with van der Waals surface area (Å²) in [5.74, 6) is 0.447. The lowest BCUT2D eigenvalue weighted by molar-refractivity contribution is -0.122. The predicted molar refractivity (Wildman–Crippen MR) is 116 cm³/mol. The average Bonchev–Trinajstić information content (AvgIpc) is 2.95. The highest BCUT2D eigenvalue weighted by molar-refractivity contribution is 8.18. The molecule has 0 spiro atoms. The highest BCUT2D eigenvalue weighted by atomic mass is 35.5. The molecule has 1 saturated heterocycles. The Balaban J connectivity index is 1.97. The van der Waals surface area contributed by atoms with Gasteiger partial charge in [-0.05, 0) is 60.7 Å². The number of carbonyl (C=O) groups is 1. The van der Waals surface area contributed by atoms with E-state index >= 15 is 0 Å². The van der Waals surface area contributed by atoms with Crippen LogP contribution in [0.2, 0.25) is 10.0 Å². The smallest absolute Gasteiger partial charge is 0.266 e. The van der Waals surface area contributed by atoms with Gasteiger partial charge in [0.1, 0.15) is 11.5 Å². The fourth-order valence-corrected chi connectivity index (χ4v) is 4.14. The van der Waals surface area contributed by atoms with E-state index in [0.717, 1.165) is 12.2 Å². The summed E-state index contributed by atoms with van der Waals surface area (Å²) in [6, 6.07) is 10.3. The number of methoxy groups -OCH3 is 1. The van der Waals surface area contributed by atoms with Crippen LogP contribution >= 0.6 is 35.0 Å². The van der Waals surface area contributed by atoms with Crippen LogP contribution in [0.25, 0.3) is 6.08 Å². The van der Waals surface area contributed by atoms with Crippen LogP contribution in [-0.2, 0) is 4.79 Å². The van der Waals surface area contributed by atoms with E-state index in [9.17, 15) is 9.90 Å². The average molecular weight is 437 g/mol. The Morgan fingerprint density at radius 1 is 1.25 bits per heavy atom. The number of phenols is 1. The molecule has 1 amide bonds. The number of thioether (sulfide) groups is 1. The van der Waals surface area contributed by atoms with Gasteiger partial charge in [0.15, 0.2) is 5.17 Å². The molecule has 2 aromatic carbocycles.